The van der Waals surface area contributed by atoms with Crippen molar-refractivity contribution in [3.63, 3.8) is 0 Å². The molecule has 1 fully saturated rings. The van der Waals surface area contributed by atoms with Crippen LogP contribution < -0.4 is 5.73 Å². The Morgan fingerprint density at radius 2 is 2.04 bits per heavy atom. The molecule has 1 aromatic heterocycles. The number of carbonyl (C=O) groups excluding carboxylic acids is 1. The number of fused-ring (bicyclic) bond motifs is 5. The van der Waals surface area contributed by atoms with Gasteiger partial charge in [0.25, 0.3) is 5.91 Å². The number of hydrogen-bond donors (Lipinski definition) is 1. The average molecular weight is 309 g/mol. The second-order valence-electron chi connectivity index (χ2n) is 7.35. The zero-order chi connectivity index (χ0) is 16.3. The van der Waals surface area contributed by atoms with E-state index in [1.54, 1.807) is 10.9 Å². The van der Waals surface area contributed by atoms with Crippen LogP contribution in [0.4, 0.5) is 0 Å². The molecule has 4 nitrogen and oxygen atoms in total. The van der Waals surface area contributed by atoms with Gasteiger partial charge in [0.1, 0.15) is 5.69 Å². The van der Waals surface area contributed by atoms with Crippen LogP contribution in [0.15, 0.2) is 24.4 Å². The number of benzene rings is 1. The summed E-state index contributed by atoms with van der Waals surface area (Å²) in [5.41, 5.74) is 10.8. The second kappa shape index (κ2) is 4.95. The standard InChI is InChI=1S/C19H23N3O/c1-10(2)16-12-7-8-13(16)17-11(12)5-4-6-14(17)18-15(19(20)23)9-22(3)21-18/h4-6,9-10,12-13,16H,7-8H2,1-3H3,(H2,20,23)/t12?,13?,16-/m1/s1. The minimum Gasteiger partial charge on any atom is -0.365 e. The Balaban J connectivity index is 1.91. The van der Waals surface area contributed by atoms with E-state index in [-0.39, 0.29) is 0 Å². The van der Waals surface area contributed by atoms with Crippen LogP contribution in [-0.4, -0.2) is 15.7 Å². The highest BCUT2D eigenvalue weighted by molar-refractivity contribution is 5.99. The third-order valence-corrected chi connectivity index (χ3v) is 5.75. The van der Waals surface area contributed by atoms with Crippen molar-refractivity contribution in [3.8, 4) is 11.3 Å². The van der Waals surface area contributed by atoms with Crippen LogP contribution in [-0.2, 0) is 7.05 Å². The fourth-order valence-corrected chi connectivity index (χ4v) is 5.05. The van der Waals surface area contributed by atoms with Crippen LogP contribution in [0.3, 0.4) is 0 Å². The monoisotopic (exact) mass is 309 g/mol. The summed E-state index contributed by atoms with van der Waals surface area (Å²) in [6, 6.07) is 6.47. The van der Waals surface area contributed by atoms with Crippen LogP contribution in [0.25, 0.3) is 11.3 Å². The molecule has 0 spiro atoms. The average Bonchev–Trinajstić information content (AvgIpc) is 3.17. The summed E-state index contributed by atoms with van der Waals surface area (Å²) in [6.45, 7) is 4.66. The summed E-state index contributed by atoms with van der Waals surface area (Å²) >= 11 is 0. The van der Waals surface area contributed by atoms with Crippen molar-refractivity contribution in [2.45, 2.75) is 38.5 Å². The molecule has 2 aliphatic rings. The minimum absolute atomic E-state index is 0.408. The SMILES string of the molecule is CC(C)[C@@H]1C2CCC1c1c(-c3nn(C)cc3C(N)=O)cccc12. The van der Waals surface area contributed by atoms with Gasteiger partial charge >= 0.3 is 0 Å². The number of carbonyl (C=O) groups is 1. The Bertz CT molecular complexity index is 790. The fourth-order valence-electron chi connectivity index (χ4n) is 5.05. The van der Waals surface area contributed by atoms with Gasteiger partial charge in [0.05, 0.1) is 5.56 Å². The molecule has 2 aromatic rings. The van der Waals surface area contributed by atoms with Gasteiger partial charge in [-0.3, -0.25) is 9.48 Å². The first-order valence-electron chi connectivity index (χ1n) is 8.45. The van der Waals surface area contributed by atoms with Crippen molar-refractivity contribution >= 4 is 5.91 Å². The molecule has 2 unspecified atom stereocenters. The summed E-state index contributed by atoms with van der Waals surface area (Å²) in [4.78, 5) is 11.8. The molecule has 1 amide bonds. The Labute approximate surface area is 136 Å². The number of amides is 1. The fraction of sp³-hybridized carbons (Fsp3) is 0.474. The maximum absolute atomic E-state index is 11.8. The predicted molar refractivity (Wildman–Crippen MR) is 90.2 cm³/mol. The summed E-state index contributed by atoms with van der Waals surface area (Å²) in [5.74, 6) is 2.23. The van der Waals surface area contributed by atoms with Gasteiger partial charge in [0.15, 0.2) is 0 Å². The van der Waals surface area contributed by atoms with E-state index in [9.17, 15) is 4.79 Å². The van der Waals surface area contributed by atoms with E-state index in [0.717, 1.165) is 11.3 Å². The number of aromatic nitrogens is 2. The Hall–Kier alpha value is -2.10. The second-order valence-corrected chi connectivity index (χ2v) is 7.35. The van der Waals surface area contributed by atoms with E-state index < -0.39 is 5.91 Å². The first-order valence-corrected chi connectivity index (χ1v) is 8.45. The van der Waals surface area contributed by atoms with Crippen molar-refractivity contribution in [1.82, 2.24) is 9.78 Å². The number of nitrogens with two attached hydrogens (primary N) is 1. The number of nitrogens with zero attached hydrogens (tertiary/aromatic N) is 2. The molecule has 0 aliphatic heterocycles. The molecule has 3 atom stereocenters. The van der Waals surface area contributed by atoms with E-state index in [0.29, 0.717) is 29.2 Å². The van der Waals surface area contributed by atoms with Gasteiger partial charge in [0.2, 0.25) is 0 Å². The third-order valence-electron chi connectivity index (χ3n) is 5.75. The van der Waals surface area contributed by atoms with Gasteiger partial charge in [-0.15, -0.1) is 0 Å². The summed E-state index contributed by atoms with van der Waals surface area (Å²) < 4.78 is 1.68. The quantitative estimate of drug-likeness (QED) is 0.944. The molecule has 23 heavy (non-hydrogen) atoms. The molecule has 1 aromatic carbocycles. The lowest BCUT2D eigenvalue weighted by atomic mass is 9.84. The minimum atomic E-state index is -0.408. The van der Waals surface area contributed by atoms with Crippen LogP contribution in [0.5, 0.6) is 0 Å². The molecule has 0 saturated heterocycles. The zero-order valence-corrected chi connectivity index (χ0v) is 13.9. The van der Waals surface area contributed by atoms with Crippen LogP contribution in [0, 0.1) is 11.8 Å². The molecule has 1 saturated carbocycles. The molecular weight excluding hydrogens is 286 g/mol. The van der Waals surface area contributed by atoms with Gasteiger partial charge < -0.3 is 5.73 Å². The highest BCUT2D eigenvalue weighted by atomic mass is 16.1. The Kier molecular flexibility index (Phi) is 3.12. The molecular formula is C19H23N3O. The molecule has 0 radical (unpaired) electrons. The maximum atomic E-state index is 11.8. The highest BCUT2D eigenvalue weighted by Gasteiger charge is 2.48. The topological polar surface area (TPSA) is 60.9 Å². The molecule has 2 aliphatic carbocycles. The predicted octanol–water partition coefficient (Wildman–Crippen LogP) is 3.43. The Morgan fingerprint density at radius 1 is 1.30 bits per heavy atom. The first-order chi connectivity index (χ1) is 11.0. The van der Waals surface area contributed by atoms with E-state index in [4.69, 9.17) is 5.73 Å². The van der Waals surface area contributed by atoms with Crippen molar-refractivity contribution in [1.29, 1.82) is 0 Å². The molecule has 4 rings (SSSR count). The number of aryl methyl sites for hydroxylation is 1. The largest absolute Gasteiger partial charge is 0.365 e. The van der Waals surface area contributed by atoms with Gasteiger partial charge in [-0.2, -0.15) is 5.10 Å². The maximum Gasteiger partial charge on any atom is 0.252 e. The van der Waals surface area contributed by atoms with Gasteiger partial charge in [-0.1, -0.05) is 32.0 Å². The van der Waals surface area contributed by atoms with Crippen LogP contribution >= 0.6 is 0 Å². The summed E-state index contributed by atoms with van der Waals surface area (Å²) in [7, 11) is 1.84. The molecule has 2 N–H and O–H groups in total. The number of rotatable bonds is 3. The van der Waals surface area contributed by atoms with Gasteiger partial charge in [-0.05, 0) is 47.6 Å². The summed E-state index contributed by atoms with van der Waals surface area (Å²) in [5, 5.41) is 4.55. The van der Waals surface area contributed by atoms with Crippen molar-refractivity contribution in [3.05, 3.63) is 41.1 Å². The van der Waals surface area contributed by atoms with Crippen molar-refractivity contribution < 1.29 is 4.79 Å². The molecule has 1 heterocycles. The zero-order valence-electron chi connectivity index (χ0n) is 13.9. The molecule has 120 valence electrons. The van der Waals surface area contributed by atoms with E-state index in [2.05, 4.69) is 37.1 Å². The summed E-state index contributed by atoms with van der Waals surface area (Å²) in [6.07, 6.45) is 4.26. The molecule has 2 bridgehead atoms. The van der Waals surface area contributed by atoms with Crippen molar-refractivity contribution in [2.75, 3.05) is 0 Å². The van der Waals surface area contributed by atoms with E-state index in [1.165, 1.54) is 24.0 Å². The van der Waals surface area contributed by atoms with E-state index >= 15 is 0 Å². The van der Waals surface area contributed by atoms with Crippen LogP contribution in [0.2, 0.25) is 0 Å². The lowest BCUT2D eigenvalue weighted by Crippen LogP contribution is -2.12. The van der Waals surface area contributed by atoms with Crippen LogP contribution in [0.1, 0.15) is 60.0 Å². The van der Waals surface area contributed by atoms with Crippen molar-refractivity contribution in [2.24, 2.45) is 24.6 Å². The Morgan fingerprint density at radius 3 is 2.74 bits per heavy atom. The van der Waals surface area contributed by atoms with E-state index in [1.807, 2.05) is 7.05 Å². The van der Waals surface area contributed by atoms with Gasteiger partial charge in [0, 0.05) is 18.8 Å². The molecule has 4 heteroatoms. The van der Waals surface area contributed by atoms with Gasteiger partial charge in [-0.25, -0.2) is 0 Å². The highest BCUT2D eigenvalue weighted by Crippen LogP contribution is 2.61. The number of primary amides is 1. The number of hydrogen-bond acceptors (Lipinski definition) is 2. The third kappa shape index (κ3) is 1.97. The lowest BCUT2D eigenvalue weighted by Gasteiger charge is -2.20. The smallest absolute Gasteiger partial charge is 0.252 e. The first kappa shape index (κ1) is 14.5. The lowest BCUT2D eigenvalue weighted by molar-refractivity contribution is 0.100. The normalized spacial score (nSPS) is 25.1.